The van der Waals surface area contributed by atoms with Crippen LogP contribution in [0.3, 0.4) is 0 Å². The number of nitrogens with one attached hydrogen (secondary N) is 1. The molecule has 0 unspecified atom stereocenters. The van der Waals surface area contributed by atoms with E-state index in [1.54, 1.807) is 6.92 Å². The van der Waals surface area contributed by atoms with Gasteiger partial charge in [-0.2, -0.15) is 5.10 Å². The van der Waals surface area contributed by atoms with Crippen molar-refractivity contribution in [2.24, 2.45) is 16.8 Å². The number of amides is 2. The van der Waals surface area contributed by atoms with Crippen LogP contribution in [0.25, 0.3) is 0 Å². The summed E-state index contributed by atoms with van der Waals surface area (Å²) in [6.07, 6.45) is 6.69. The molecule has 0 aromatic rings. The number of primary amides is 1. The van der Waals surface area contributed by atoms with Gasteiger partial charge in [-0.15, -0.1) is 0 Å². The van der Waals surface area contributed by atoms with Gasteiger partial charge >= 0.3 is 12.0 Å². The van der Waals surface area contributed by atoms with Gasteiger partial charge < -0.3 is 10.5 Å². The molecule has 114 valence electrons. The van der Waals surface area contributed by atoms with Crippen molar-refractivity contribution in [3.8, 4) is 0 Å². The Morgan fingerprint density at radius 2 is 2.20 bits per heavy atom. The lowest BCUT2D eigenvalue weighted by molar-refractivity contribution is -0.144. The number of ether oxygens (including phenoxy) is 1. The highest BCUT2D eigenvalue weighted by Crippen LogP contribution is 2.28. The lowest BCUT2D eigenvalue weighted by Gasteiger charge is -2.07. The molecular formula is C14H25N3O3. The number of hydrogen-bond donors (Lipinski definition) is 2. The van der Waals surface area contributed by atoms with Crippen LogP contribution in [-0.2, 0) is 9.53 Å². The molecule has 1 rings (SSSR count). The predicted octanol–water partition coefficient (Wildman–Crippen LogP) is 2.32. The summed E-state index contributed by atoms with van der Waals surface area (Å²) in [5.41, 5.74) is 7.87. The van der Waals surface area contributed by atoms with E-state index in [1.165, 1.54) is 12.8 Å². The minimum Gasteiger partial charge on any atom is -0.462 e. The standard InChI is InChI=1S/C14H25N3O3/c1-3-4-5-6-12-9-11(13(18)20-12)8-7-10(2)16-17-14(15)19/h11-12H,3-9H2,1-2H3,(H3,15,17,19)/b16-10-/t11-,12-/m1/s1. The molecule has 0 aromatic carbocycles. The fourth-order valence-corrected chi connectivity index (χ4v) is 2.35. The van der Waals surface area contributed by atoms with Gasteiger partial charge in [-0.25, -0.2) is 10.2 Å². The molecule has 2 amide bonds. The zero-order valence-corrected chi connectivity index (χ0v) is 12.4. The molecule has 2 atom stereocenters. The molecule has 0 aromatic heterocycles. The number of unbranched alkanes of at least 4 members (excludes halogenated alkanes) is 2. The van der Waals surface area contributed by atoms with Crippen molar-refractivity contribution in [2.75, 3.05) is 0 Å². The molecule has 1 aliphatic heterocycles. The molecule has 0 saturated carbocycles. The van der Waals surface area contributed by atoms with Crippen LogP contribution >= 0.6 is 0 Å². The highest BCUT2D eigenvalue weighted by Gasteiger charge is 2.33. The van der Waals surface area contributed by atoms with Crippen molar-refractivity contribution < 1.29 is 14.3 Å². The van der Waals surface area contributed by atoms with Gasteiger partial charge in [0.15, 0.2) is 0 Å². The molecule has 1 saturated heterocycles. The molecule has 0 bridgehead atoms. The number of hydrazone groups is 1. The monoisotopic (exact) mass is 283 g/mol. The SMILES string of the molecule is CCCCC[C@@H]1C[C@@H](CC/C(C)=N\NC(N)=O)C(=O)O1. The van der Waals surface area contributed by atoms with Gasteiger partial charge in [-0.1, -0.05) is 19.8 Å². The molecular weight excluding hydrogens is 258 g/mol. The molecule has 20 heavy (non-hydrogen) atoms. The van der Waals surface area contributed by atoms with Gasteiger partial charge in [-0.05, 0) is 39.0 Å². The van der Waals surface area contributed by atoms with Crippen molar-refractivity contribution >= 4 is 17.7 Å². The molecule has 0 spiro atoms. The van der Waals surface area contributed by atoms with E-state index in [0.717, 1.165) is 25.0 Å². The first-order chi connectivity index (χ1) is 9.52. The van der Waals surface area contributed by atoms with Crippen molar-refractivity contribution in [3.63, 3.8) is 0 Å². The number of nitrogens with two attached hydrogens (primary N) is 1. The zero-order valence-electron chi connectivity index (χ0n) is 12.4. The highest BCUT2D eigenvalue weighted by atomic mass is 16.5. The second-order valence-corrected chi connectivity index (χ2v) is 5.35. The third-order valence-corrected chi connectivity index (χ3v) is 3.50. The Bertz CT molecular complexity index is 369. The lowest BCUT2D eigenvalue weighted by atomic mass is 9.96. The van der Waals surface area contributed by atoms with E-state index in [4.69, 9.17) is 10.5 Å². The first-order valence-electron chi connectivity index (χ1n) is 7.32. The van der Waals surface area contributed by atoms with E-state index in [9.17, 15) is 9.59 Å². The van der Waals surface area contributed by atoms with Crippen molar-refractivity contribution in [2.45, 2.75) is 64.9 Å². The summed E-state index contributed by atoms with van der Waals surface area (Å²) in [5, 5.41) is 3.83. The predicted molar refractivity (Wildman–Crippen MR) is 77.2 cm³/mol. The summed E-state index contributed by atoms with van der Waals surface area (Å²) in [6.45, 7) is 3.96. The lowest BCUT2D eigenvalue weighted by Crippen LogP contribution is -2.25. The van der Waals surface area contributed by atoms with E-state index in [2.05, 4.69) is 17.5 Å². The summed E-state index contributed by atoms with van der Waals surface area (Å²) in [4.78, 5) is 22.3. The topological polar surface area (TPSA) is 93.8 Å². The molecule has 0 aliphatic carbocycles. The van der Waals surface area contributed by atoms with Crippen LogP contribution in [0.15, 0.2) is 5.10 Å². The average Bonchev–Trinajstić information content (AvgIpc) is 2.75. The minimum absolute atomic E-state index is 0.0413. The number of carbonyl (C=O) groups excluding carboxylic acids is 2. The van der Waals surface area contributed by atoms with Crippen LogP contribution in [0.4, 0.5) is 4.79 Å². The second kappa shape index (κ2) is 8.55. The molecule has 1 heterocycles. The van der Waals surface area contributed by atoms with Crippen LogP contribution in [0.5, 0.6) is 0 Å². The van der Waals surface area contributed by atoms with E-state index in [0.29, 0.717) is 12.8 Å². The van der Waals surface area contributed by atoms with Crippen molar-refractivity contribution in [1.29, 1.82) is 0 Å². The average molecular weight is 283 g/mol. The Morgan fingerprint density at radius 3 is 2.85 bits per heavy atom. The van der Waals surface area contributed by atoms with Crippen LogP contribution < -0.4 is 11.2 Å². The third kappa shape index (κ3) is 6.04. The van der Waals surface area contributed by atoms with Crippen molar-refractivity contribution in [3.05, 3.63) is 0 Å². The number of rotatable bonds is 8. The molecule has 1 fully saturated rings. The number of nitrogens with zero attached hydrogens (tertiary/aromatic N) is 1. The van der Waals surface area contributed by atoms with Crippen molar-refractivity contribution in [1.82, 2.24) is 5.43 Å². The summed E-state index contributed by atoms with van der Waals surface area (Å²) in [5.74, 6) is -0.137. The maximum atomic E-state index is 11.7. The van der Waals surface area contributed by atoms with E-state index in [1.807, 2.05) is 0 Å². The maximum absolute atomic E-state index is 11.7. The highest BCUT2D eigenvalue weighted by molar-refractivity contribution is 5.84. The molecule has 3 N–H and O–H groups in total. The fraction of sp³-hybridized carbons (Fsp3) is 0.786. The minimum atomic E-state index is -0.680. The van der Waals surface area contributed by atoms with E-state index >= 15 is 0 Å². The number of hydrogen-bond acceptors (Lipinski definition) is 4. The number of esters is 1. The number of urea groups is 1. The Kier molecular flexibility index (Phi) is 7.04. The normalized spacial score (nSPS) is 22.7. The molecule has 6 nitrogen and oxygen atoms in total. The van der Waals surface area contributed by atoms with Gasteiger partial charge in [-0.3, -0.25) is 4.79 Å². The first kappa shape index (κ1) is 16.5. The summed E-state index contributed by atoms with van der Waals surface area (Å²) >= 11 is 0. The van der Waals surface area contributed by atoms with Crippen LogP contribution in [0.1, 0.15) is 58.8 Å². The van der Waals surface area contributed by atoms with Crippen LogP contribution in [0.2, 0.25) is 0 Å². The van der Waals surface area contributed by atoms with Crippen LogP contribution in [0, 0.1) is 5.92 Å². The Balaban J connectivity index is 2.28. The quantitative estimate of drug-likeness (QED) is 0.310. The maximum Gasteiger partial charge on any atom is 0.332 e. The number of cyclic esters (lactones) is 1. The second-order valence-electron chi connectivity index (χ2n) is 5.35. The van der Waals surface area contributed by atoms with Gasteiger partial charge in [0.25, 0.3) is 0 Å². The summed E-state index contributed by atoms with van der Waals surface area (Å²) < 4.78 is 5.38. The van der Waals surface area contributed by atoms with E-state index < -0.39 is 6.03 Å². The summed E-state index contributed by atoms with van der Waals surface area (Å²) in [7, 11) is 0. The van der Waals surface area contributed by atoms with E-state index in [-0.39, 0.29) is 18.0 Å². The fourth-order valence-electron chi connectivity index (χ4n) is 2.35. The molecule has 0 radical (unpaired) electrons. The zero-order chi connectivity index (χ0) is 15.0. The largest absolute Gasteiger partial charge is 0.462 e. The first-order valence-corrected chi connectivity index (χ1v) is 7.32. The van der Waals surface area contributed by atoms with Gasteiger partial charge in [0, 0.05) is 5.71 Å². The van der Waals surface area contributed by atoms with Gasteiger partial charge in [0.1, 0.15) is 6.10 Å². The van der Waals surface area contributed by atoms with Crippen LogP contribution in [-0.4, -0.2) is 23.8 Å². The third-order valence-electron chi connectivity index (χ3n) is 3.50. The molecule has 6 heteroatoms. The smallest absolute Gasteiger partial charge is 0.332 e. The Hall–Kier alpha value is -1.59. The summed E-state index contributed by atoms with van der Waals surface area (Å²) in [6, 6.07) is -0.680. The number of carbonyl (C=O) groups is 2. The molecule has 1 aliphatic rings. The Morgan fingerprint density at radius 1 is 1.45 bits per heavy atom. The van der Waals surface area contributed by atoms with Gasteiger partial charge in [0.2, 0.25) is 0 Å². The van der Waals surface area contributed by atoms with Gasteiger partial charge in [0.05, 0.1) is 5.92 Å². The Labute approximate surface area is 120 Å².